The fourth-order valence-corrected chi connectivity index (χ4v) is 3.63. The van der Waals surface area contributed by atoms with Gasteiger partial charge in [-0.3, -0.25) is 0 Å². The normalized spacial score (nSPS) is 12.0. The van der Waals surface area contributed by atoms with Crippen LogP contribution in [0.15, 0.2) is 59.4 Å². The van der Waals surface area contributed by atoms with Crippen LogP contribution in [0.5, 0.6) is 0 Å². The first-order valence-electron chi connectivity index (χ1n) is 8.15. The molecule has 3 rings (SSSR count). The Bertz CT molecular complexity index is 1060. The number of rotatable bonds is 3. The molecule has 0 spiro atoms. The summed E-state index contributed by atoms with van der Waals surface area (Å²) >= 11 is 2.34. The van der Waals surface area contributed by atoms with E-state index in [1.165, 1.54) is 14.3 Å². The fraction of sp³-hybridized carbons (Fsp3) is 0.190. The van der Waals surface area contributed by atoms with Crippen LogP contribution in [-0.4, -0.2) is 29.2 Å². The number of halogens is 1. The van der Waals surface area contributed by atoms with Crippen molar-refractivity contribution < 1.29 is 4.58 Å². The molecule has 0 bridgehead atoms. The van der Waals surface area contributed by atoms with Gasteiger partial charge in [0.2, 0.25) is 0 Å². The molecule has 0 aliphatic carbocycles. The molecule has 3 aromatic rings. The van der Waals surface area contributed by atoms with Gasteiger partial charge in [-0.2, -0.15) is 4.58 Å². The van der Waals surface area contributed by atoms with Gasteiger partial charge in [0.1, 0.15) is 7.05 Å². The molecule has 0 saturated heterocycles. The maximum absolute atomic E-state index is 4.48. The Morgan fingerprint density at radius 1 is 1.16 bits per heavy atom. The van der Waals surface area contributed by atoms with Gasteiger partial charge in [0.05, 0.1) is 12.3 Å². The lowest BCUT2D eigenvalue weighted by Crippen LogP contribution is -2.22. The third-order valence-electron chi connectivity index (χ3n) is 4.31. The molecule has 0 unspecified atom stereocenters. The van der Waals surface area contributed by atoms with Crippen molar-refractivity contribution in [1.29, 1.82) is 0 Å². The molecule has 0 aliphatic heterocycles. The van der Waals surface area contributed by atoms with E-state index in [2.05, 4.69) is 102 Å². The minimum Gasteiger partial charge on any atom is -0.355 e. The lowest BCUT2D eigenvalue weighted by Gasteiger charge is -2.10. The summed E-state index contributed by atoms with van der Waals surface area (Å²) in [5, 5.41) is 2.41. The summed E-state index contributed by atoms with van der Waals surface area (Å²) in [6.45, 7) is 12.2. The van der Waals surface area contributed by atoms with Gasteiger partial charge in [-0.1, -0.05) is 31.2 Å². The number of hydrogen-bond donors (Lipinski definition) is 1. The monoisotopic (exact) mass is 442 g/mol. The van der Waals surface area contributed by atoms with Crippen molar-refractivity contribution in [2.24, 2.45) is 10.9 Å². The molecule has 25 heavy (non-hydrogen) atoms. The molecule has 1 aromatic heterocycles. The molecular weight excluding hydrogens is 421 g/mol. The van der Waals surface area contributed by atoms with Crippen LogP contribution >= 0.6 is 22.6 Å². The summed E-state index contributed by atoms with van der Waals surface area (Å²) < 4.78 is 3.05. The highest BCUT2D eigenvalue weighted by Gasteiger charge is 2.21. The number of allylic oxidation sites excluding steroid dienone is 1. The molecule has 1 heterocycles. The molecule has 2 aromatic carbocycles. The topological polar surface area (TPSA) is 31.2 Å². The molecule has 0 amide bonds. The molecule has 4 heteroatoms. The largest absolute Gasteiger partial charge is 0.355 e. The van der Waals surface area contributed by atoms with Crippen LogP contribution in [-0.2, 0) is 0 Å². The van der Waals surface area contributed by atoms with Crippen molar-refractivity contribution in [3.8, 4) is 0 Å². The number of hydrogen-bond acceptors (Lipinski definition) is 1. The number of amidine groups is 1. The van der Waals surface area contributed by atoms with Crippen molar-refractivity contribution in [2.45, 2.75) is 13.8 Å². The minimum atomic E-state index is 0.269. The van der Waals surface area contributed by atoms with Crippen molar-refractivity contribution in [1.82, 2.24) is 4.98 Å². The highest BCUT2D eigenvalue weighted by molar-refractivity contribution is 14.1. The fourth-order valence-electron chi connectivity index (χ4n) is 3.14. The molecule has 3 nitrogen and oxygen atoms in total. The van der Waals surface area contributed by atoms with Crippen molar-refractivity contribution >= 4 is 56.9 Å². The second kappa shape index (κ2) is 6.98. The number of nitrogens with zero attached hydrogens (tertiary/aromatic N) is 2. The summed E-state index contributed by atoms with van der Waals surface area (Å²) in [5.74, 6) is 1.08. The van der Waals surface area contributed by atoms with Crippen LogP contribution in [0.4, 0.5) is 0 Å². The summed E-state index contributed by atoms with van der Waals surface area (Å²) in [7, 11) is 1.79. The quantitative estimate of drug-likeness (QED) is 0.187. The Morgan fingerprint density at radius 3 is 2.40 bits per heavy atom. The lowest BCUT2D eigenvalue weighted by atomic mass is 10.1. The zero-order valence-corrected chi connectivity index (χ0v) is 16.9. The second-order valence-corrected chi connectivity index (χ2v) is 7.51. The van der Waals surface area contributed by atoms with E-state index in [1.54, 1.807) is 7.05 Å². The zero-order chi connectivity index (χ0) is 18.1. The van der Waals surface area contributed by atoms with E-state index in [0.29, 0.717) is 0 Å². The first-order chi connectivity index (χ1) is 12.0. The lowest BCUT2D eigenvalue weighted by molar-refractivity contribution is -0.346. The predicted molar refractivity (Wildman–Crippen MR) is 116 cm³/mol. The average molecular weight is 442 g/mol. The first kappa shape index (κ1) is 17.6. The van der Waals surface area contributed by atoms with Crippen LogP contribution < -0.4 is 0 Å². The smallest absolute Gasteiger partial charge is 0.329 e. The van der Waals surface area contributed by atoms with E-state index < -0.39 is 0 Å². The van der Waals surface area contributed by atoms with E-state index in [1.807, 2.05) is 4.58 Å². The molecule has 0 saturated carbocycles. The SMILES string of the molecule is C=C=C(C(C)C)[N+](=C)C(=NC)c1ccc2[nH]c3ccc(I)cc3c2c1. The molecule has 0 radical (unpaired) electrons. The number of fused-ring (bicyclic) bond motifs is 3. The molecule has 0 aliphatic rings. The van der Waals surface area contributed by atoms with E-state index in [0.717, 1.165) is 28.1 Å². The summed E-state index contributed by atoms with van der Waals surface area (Å²) in [4.78, 5) is 7.95. The number of aromatic nitrogens is 1. The van der Waals surface area contributed by atoms with E-state index in [-0.39, 0.29) is 5.92 Å². The number of nitrogens with one attached hydrogen (secondary N) is 1. The van der Waals surface area contributed by atoms with E-state index in [4.69, 9.17) is 0 Å². The minimum absolute atomic E-state index is 0.269. The van der Waals surface area contributed by atoms with Gasteiger partial charge in [0.25, 0.3) is 0 Å². The van der Waals surface area contributed by atoms with Gasteiger partial charge in [-0.25, -0.2) is 0 Å². The maximum Gasteiger partial charge on any atom is 0.329 e. The Kier molecular flexibility index (Phi) is 4.93. The van der Waals surface area contributed by atoms with Gasteiger partial charge in [-0.05, 0) is 59.0 Å². The Labute approximate surface area is 161 Å². The summed E-state index contributed by atoms with van der Waals surface area (Å²) in [6.07, 6.45) is 0. The van der Waals surface area contributed by atoms with Crippen LogP contribution in [0.2, 0.25) is 0 Å². The first-order valence-corrected chi connectivity index (χ1v) is 9.22. The molecule has 0 fully saturated rings. The van der Waals surface area contributed by atoms with Crippen molar-refractivity contribution in [2.75, 3.05) is 7.05 Å². The standard InChI is InChI=1S/C21H21IN3/c1-6-20(13(2)3)25(5)21(23-4)14-7-9-18-16(11-14)17-12-15(22)8-10-19(17)24-18/h7-13,24H,1,5H2,2-4H3/q+1. The van der Waals surface area contributed by atoms with Gasteiger partial charge in [-0.15, -0.1) is 0 Å². The van der Waals surface area contributed by atoms with Crippen molar-refractivity contribution in [3.63, 3.8) is 0 Å². The van der Waals surface area contributed by atoms with Gasteiger partial charge in [0.15, 0.2) is 5.70 Å². The average Bonchev–Trinajstić information content (AvgIpc) is 2.93. The Balaban J connectivity index is 2.17. The Hall–Kier alpha value is -2.17. The predicted octanol–water partition coefficient (Wildman–Crippen LogP) is 5.34. The van der Waals surface area contributed by atoms with E-state index >= 15 is 0 Å². The number of aliphatic imine (C=N–C) groups is 1. The van der Waals surface area contributed by atoms with Crippen molar-refractivity contribution in [3.05, 3.63) is 63.5 Å². The highest BCUT2D eigenvalue weighted by atomic mass is 127. The van der Waals surface area contributed by atoms with E-state index in [9.17, 15) is 0 Å². The molecule has 0 atom stereocenters. The number of aromatic amines is 1. The van der Waals surface area contributed by atoms with Gasteiger partial charge in [0, 0.05) is 31.3 Å². The zero-order valence-electron chi connectivity index (χ0n) is 14.7. The van der Waals surface area contributed by atoms with Crippen LogP contribution in [0.1, 0.15) is 19.4 Å². The number of benzene rings is 2. The van der Waals surface area contributed by atoms with Gasteiger partial charge < -0.3 is 4.98 Å². The Morgan fingerprint density at radius 2 is 1.80 bits per heavy atom. The van der Waals surface area contributed by atoms with Crippen LogP contribution in [0, 0.1) is 9.49 Å². The highest BCUT2D eigenvalue weighted by Crippen LogP contribution is 2.28. The second-order valence-electron chi connectivity index (χ2n) is 6.27. The molecule has 126 valence electrons. The molecule has 1 N–H and O–H groups in total. The third kappa shape index (κ3) is 3.20. The molecular formula is C21H21IN3+. The summed E-state index contributed by atoms with van der Waals surface area (Å²) in [6, 6.07) is 12.8. The summed E-state index contributed by atoms with van der Waals surface area (Å²) in [5.41, 5.74) is 7.21. The maximum atomic E-state index is 4.48. The number of H-pyrrole nitrogens is 1. The van der Waals surface area contributed by atoms with Crippen LogP contribution in [0.25, 0.3) is 21.8 Å². The van der Waals surface area contributed by atoms with Gasteiger partial charge >= 0.3 is 5.84 Å². The van der Waals surface area contributed by atoms with Crippen LogP contribution in [0.3, 0.4) is 0 Å². The third-order valence-corrected chi connectivity index (χ3v) is 4.98.